The summed E-state index contributed by atoms with van der Waals surface area (Å²) >= 11 is 0. The molecule has 1 heterocycles. The van der Waals surface area contributed by atoms with E-state index in [1.165, 1.54) is 10.2 Å². The predicted molar refractivity (Wildman–Crippen MR) is 100 cm³/mol. The number of carbonyl (C=O) groups excluding carboxylic acids is 1. The average Bonchev–Trinajstić information content (AvgIpc) is 2.85. The van der Waals surface area contributed by atoms with Crippen molar-refractivity contribution in [1.29, 1.82) is 0 Å². The zero-order chi connectivity index (χ0) is 19.3. The average molecular weight is 359 g/mol. The summed E-state index contributed by atoms with van der Waals surface area (Å²) in [6.07, 6.45) is 0. The number of likely N-dealkylation sites (N-methyl/N-ethyl adjacent to an activating group) is 1. The molecule has 0 saturated heterocycles. The fourth-order valence-electron chi connectivity index (χ4n) is 2.92. The second kappa shape index (κ2) is 8.46. The maximum Gasteiger partial charge on any atom is 0.312 e. The van der Waals surface area contributed by atoms with E-state index in [0.29, 0.717) is 24.5 Å². The molecule has 1 amide bonds. The molecule has 0 atom stereocenters. The molecule has 26 heavy (non-hydrogen) atoms. The van der Waals surface area contributed by atoms with Crippen LogP contribution in [0.15, 0.2) is 24.3 Å². The van der Waals surface area contributed by atoms with E-state index in [2.05, 4.69) is 28.3 Å². The first-order chi connectivity index (χ1) is 12.3. The molecule has 2 rings (SSSR count). The van der Waals surface area contributed by atoms with Crippen LogP contribution in [0.5, 0.6) is 0 Å². The maximum absolute atomic E-state index is 12.2. The van der Waals surface area contributed by atoms with E-state index in [0.717, 1.165) is 12.2 Å². The highest BCUT2D eigenvalue weighted by Crippen LogP contribution is 2.21. The van der Waals surface area contributed by atoms with Gasteiger partial charge in [0.2, 0.25) is 5.91 Å². The fourth-order valence-corrected chi connectivity index (χ4v) is 2.92. The molecule has 0 unspecified atom stereocenters. The van der Waals surface area contributed by atoms with Gasteiger partial charge in [-0.15, -0.1) is 0 Å². The minimum atomic E-state index is -0.465. The summed E-state index contributed by atoms with van der Waals surface area (Å²) in [6.45, 7) is 9.26. The van der Waals surface area contributed by atoms with Gasteiger partial charge in [-0.1, -0.05) is 12.1 Å². The zero-order valence-corrected chi connectivity index (χ0v) is 15.7. The van der Waals surface area contributed by atoms with Gasteiger partial charge in [0.05, 0.1) is 4.92 Å². The highest BCUT2D eigenvalue weighted by molar-refractivity contribution is 5.75. The molecule has 1 aromatic heterocycles. The monoisotopic (exact) mass is 359 g/mol. The third-order valence-corrected chi connectivity index (χ3v) is 4.27. The summed E-state index contributed by atoms with van der Waals surface area (Å²) < 4.78 is 1.38. The van der Waals surface area contributed by atoms with Gasteiger partial charge in [-0.25, -0.2) is 0 Å². The lowest BCUT2D eigenvalue weighted by Gasteiger charge is -2.23. The number of amides is 1. The number of nitrogens with one attached hydrogen (secondary N) is 1. The third-order valence-electron chi connectivity index (χ3n) is 4.27. The van der Waals surface area contributed by atoms with Crippen LogP contribution in [0.25, 0.3) is 0 Å². The van der Waals surface area contributed by atoms with Crippen molar-refractivity contribution in [3.8, 4) is 0 Å². The molecule has 0 aliphatic rings. The van der Waals surface area contributed by atoms with Gasteiger partial charge < -0.3 is 10.2 Å². The Morgan fingerprint density at radius 3 is 2.65 bits per heavy atom. The molecule has 2 aromatic rings. The molecule has 0 fully saturated rings. The Hall–Kier alpha value is -2.90. The Bertz CT molecular complexity index is 800. The number of nitro groups is 1. The van der Waals surface area contributed by atoms with E-state index >= 15 is 0 Å². The molecular formula is C18H25N5O3. The van der Waals surface area contributed by atoms with Crippen LogP contribution in [0.1, 0.15) is 23.9 Å². The normalized spacial score (nSPS) is 10.6. The molecule has 0 aliphatic heterocycles. The van der Waals surface area contributed by atoms with E-state index in [-0.39, 0.29) is 18.1 Å². The smallest absolute Gasteiger partial charge is 0.312 e. The van der Waals surface area contributed by atoms with Gasteiger partial charge >= 0.3 is 5.69 Å². The van der Waals surface area contributed by atoms with Gasteiger partial charge in [0.25, 0.3) is 0 Å². The Morgan fingerprint density at radius 1 is 1.35 bits per heavy atom. The second-order valence-electron chi connectivity index (χ2n) is 6.20. The molecule has 8 heteroatoms. The molecule has 1 N–H and O–H groups in total. The van der Waals surface area contributed by atoms with Crippen molar-refractivity contribution in [3.63, 3.8) is 0 Å². The first kappa shape index (κ1) is 19.4. The Labute approximate surface area is 153 Å². The minimum Gasteiger partial charge on any atom is -0.370 e. The molecule has 1 aromatic carbocycles. The number of anilines is 1. The van der Waals surface area contributed by atoms with Crippen molar-refractivity contribution in [2.45, 2.75) is 34.2 Å². The van der Waals surface area contributed by atoms with Crippen LogP contribution in [0.4, 0.5) is 11.4 Å². The minimum absolute atomic E-state index is 0.0307. The molecule has 8 nitrogen and oxygen atoms in total. The van der Waals surface area contributed by atoms with Crippen molar-refractivity contribution in [2.75, 3.05) is 24.5 Å². The van der Waals surface area contributed by atoms with E-state index < -0.39 is 4.92 Å². The number of hydrogen-bond donors (Lipinski definition) is 1. The van der Waals surface area contributed by atoms with E-state index in [1.54, 1.807) is 13.8 Å². The predicted octanol–water partition coefficient (Wildman–Crippen LogP) is 2.36. The lowest BCUT2D eigenvalue weighted by atomic mass is 10.2. The molecule has 0 spiro atoms. The summed E-state index contributed by atoms with van der Waals surface area (Å²) in [4.78, 5) is 24.9. The van der Waals surface area contributed by atoms with E-state index in [4.69, 9.17) is 0 Å². The number of hydrogen-bond acceptors (Lipinski definition) is 5. The van der Waals surface area contributed by atoms with Gasteiger partial charge in [-0.3, -0.25) is 19.6 Å². The van der Waals surface area contributed by atoms with Gasteiger partial charge in [-0.05, 0) is 45.4 Å². The fraction of sp³-hybridized carbons (Fsp3) is 0.444. The van der Waals surface area contributed by atoms with Gasteiger partial charge in [0, 0.05) is 25.3 Å². The topological polar surface area (TPSA) is 93.3 Å². The van der Waals surface area contributed by atoms with Gasteiger partial charge in [-0.2, -0.15) is 5.10 Å². The van der Waals surface area contributed by atoms with Crippen molar-refractivity contribution in [2.24, 2.45) is 0 Å². The van der Waals surface area contributed by atoms with Crippen molar-refractivity contribution >= 4 is 17.3 Å². The van der Waals surface area contributed by atoms with Gasteiger partial charge in [0.15, 0.2) is 0 Å². The Kier molecular flexibility index (Phi) is 6.32. The van der Waals surface area contributed by atoms with Gasteiger partial charge in [0.1, 0.15) is 17.9 Å². The third kappa shape index (κ3) is 4.59. The molecule has 0 radical (unpaired) electrons. The molecule has 0 saturated carbocycles. The van der Waals surface area contributed by atoms with Crippen LogP contribution in [0.2, 0.25) is 0 Å². The molecule has 140 valence electrons. The number of aromatic nitrogens is 2. The van der Waals surface area contributed by atoms with Crippen LogP contribution in [-0.4, -0.2) is 40.2 Å². The van der Waals surface area contributed by atoms with E-state index in [1.807, 2.05) is 25.1 Å². The molecule has 0 bridgehead atoms. The zero-order valence-electron chi connectivity index (χ0n) is 15.7. The summed E-state index contributed by atoms with van der Waals surface area (Å²) in [7, 11) is 0. The van der Waals surface area contributed by atoms with Crippen LogP contribution >= 0.6 is 0 Å². The quantitative estimate of drug-likeness (QED) is 0.577. The highest BCUT2D eigenvalue weighted by Gasteiger charge is 2.22. The SMILES string of the molecule is CCN(CCNC(=O)Cn1nc(C)c([N+](=O)[O-])c1C)c1cccc(C)c1. The maximum atomic E-state index is 12.2. The first-order valence-corrected chi connectivity index (χ1v) is 8.60. The van der Waals surface area contributed by atoms with Crippen LogP contribution < -0.4 is 10.2 Å². The van der Waals surface area contributed by atoms with Crippen molar-refractivity contribution in [3.05, 3.63) is 51.3 Å². The standard InChI is InChI=1S/C18H25N5O3/c1-5-21(16-8-6-7-13(2)11-16)10-9-19-17(24)12-22-15(4)18(23(25)26)14(3)20-22/h6-8,11H,5,9-10,12H2,1-4H3,(H,19,24). The highest BCUT2D eigenvalue weighted by atomic mass is 16.6. The first-order valence-electron chi connectivity index (χ1n) is 8.60. The number of aryl methyl sites for hydroxylation is 2. The van der Waals surface area contributed by atoms with Crippen LogP contribution in [0, 0.1) is 30.9 Å². The number of nitrogens with zero attached hydrogens (tertiary/aromatic N) is 4. The van der Waals surface area contributed by atoms with E-state index in [9.17, 15) is 14.9 Å². The number of rotatable bonds is 8. The largest absolute Gasteiger partial charge is 0.370 e. The summed E-state index contributed by atoms with van der Waals surface area (Å²) in [5.74, 6) is -0.217. The Balaban J connectivity index is 1.91. The van der Waals surface area contributed by atoms with Crippen LogP contribution in [-0.2, 0) is 11.3 Å². The lowest BCUT2D eigenvalue weighted by molar-refractivity contribution is -0.386. The number of benzene rings is 1. The summed E-state index contributed by atoms with van der Waals surface area (Å²) in [5.41, 5.74) is 2.98. The lowest BCUT2D eigenvalue weighted by Crippen LogP contribution is -2.36. The molecule has 0 aliphatic carbocycles. The van der Waals surface area contributed by atoms with Crippen molar-refractivity contribution in [1.82, 2.24) is 15.1 Å². The second-order valence-corrected chi connectivity index (χ2v) is 6.20. The van der Waals surface area contributed by atoms with Crippen molar-refractivity contribution < 1.29 is 9.72 Å². The summed E-state index contributed by atoms with van der Waals surface area (Å²) in [5, 5.41) is 18.0. The summed E-state index contributed by atoms with van der Waals surface area (Å²) in [6, 6.07) is 8.22. The van der Waals surface area contributed by atoms with Crippen LogP contribution in [0.3, 0.4) is 0 Å². The molecular weight excluding hydrogens is 334 g/mol. The number of carbonyl (C=O) groups is 1. The Morgan fingerprint density at radius 2 is 2.08 bits per heavy atom.